The fourth-order valence-corrected chi connectivity index (χ4v) is 0.659. The van der Waals surface area contributed by atoms with Crippen LogP contribution in [0.15, 0.2) is 24.5 Å². The first-order valence-corrected chi connectivity index (χ1v) is 2.69. The molecule has 0 radical (unpaired) electrons. The zero-order chi connectivity index (χ0) is 6.10. The lowest BCUT2D eigenvalue weighted by Gasteiger charge is -1.83. The van der Waals surface area contributed by atoms with Crippen molar-refractivity contribution in [3.05, 3.63) is 24.5 Å². The Labute approximate surface area is 52.7 Å². The number of pyridine rings is 1. The van der Waals surface area contributed by atoms with E-state index in [0.717, 1.165) is 5.46 Å². The van der Waals surface area contributed by atoms with Crippen LogP contribution in [0.2, 0.25) is 0 Å². The van der Waals surface area contributed by atoms with Crippen molar-refractivity contribution in [1.82, 2.24) is 4.98 Å². The smallest absolute Gasteiger partial charge is 0.267 e. The predicted octanol–water partition coefficient (Wildman–Crippen LogP) is -0.261. The van der Waals surface area contributed by atoms with E-state index in [9.17, 15) is 0 Å². The number of aromatic nitrogens is 1. The molecule has 0 aromatic carbocycles. The summed E-state index contributed by atoms with van der Waals surface area (Å²) in [5, 5.41) is 0. The van der Waals surface area contributed by atoms with Crippen LogP contribution in [0, 0.1) is 0 Å². The Morgan fingerprint density at radius 2 is 1.89 bits per heavy atom. The van der Waals surface area contributed by atoms with Crippen LogP contribution in [0.3, 0.4) is 0 Å². The molecule has 0 saturated carbocycles. The molecule has 9 heavy (non-hydrogen) atoms. The molecule has 1 aliphatic heterocycles. The van der Waals surface area contributed by atoms with Crippen LogP contribution >= 0.6 is 0 Å². The third-order valence-electron chi connectivity index (χ3n) is 1.17. The number of rotatable bonds is 1. The van der Waals surface area contributed by atoms with Gasteiger partial charge in [0.1, 0.15) is 0 Å². The summed E-state index contributed by atoms with van der Waals surface area (Å²) < 4.78 is 0. The van der Waals surface area contributed by atoms with Gasteiger partial charge in [0.15, 0.2) is 0 Å². The fourth-order valence-electron chi connectivity index (χ4n) is 0.659. The molecule has 1 aromatic rings. The summed E-state index contributed by atoms with van der Waals surface area (Å²) in [6.07, 6.45) is 3.42. The van der Waals surface area contributed by atoms with Crippen LogP contribution in [0.1, 0.15) is 0 Å². The highest BCUT2D eigenvalue weighted by molar-refractivity contribution is 6.65. The molecule has 0 atom stereocenters. The van der Waals surface area contributed by atoms with Crippen LogP contribution < -0.4 is 5.46 Å². The first-order chi connectivity index (χ1) is 4.47. The normalized spacial score (nSPS) is 15.8. The van der Waals surface area contributed by atoms with Crippen LogP contribution in [-0.2, 0) is 9.61 Å². The van der Waals surface area contributed by atoms with Crippen molar-refractivity contribution in [2.24, 2.45) is 0 Å². The molecule has 2 rings (SSSR count). The third-order valence-corrected chi connectivity index (χ3v) is 1.17. The molecule has 0 unspecified atom stereocenters. The molecule has 1 saturated heterocycles. The van der Waals surface area contributed by atoms with Crippen molar-refractivity contribution in [2.75, 3.05) is 0 Å². The van der Waals surface area contributed by atoms with Crippen molar-refractivity contribution in [3.8, 4) is 0 Å². The SMILES string of the molecule is c1cc(B2OO2)ccn1. The Morgan fingerprint density at radius 1 is 1.22 bits per heavy atom. The minimum absolute atomic E-state index is 0.131. The largest absolute Gasteiger partial charge is 0.550 e. The lowest BCUT2D eigenvalue weighted by molar-refractivity contribution is 0.0850. The van der Waals surface area contributed by atoms with Gasteiger partial charge in [0.2, 0.25) is 0 Å². The van der Waals surface area contributed by atoms with Gasteiger partial charge in [-0.2, -0.15) is 0 Å². The van der Waals surface area contributed by atoms with E-state index in [4.69, 9.17) is 0 Å². The molecule has 4 heteroatoms. The quantitative estimate of drug-likeness (QED) is 0.291. The van der Waals surface area contributed by atoms with Gasteiger partial charge in [0.25, 0.3) is 0 Å². The number of nitrogens with zero attached hydrogens (tertiary/aromatic N) is 1. The topological polar surface area (TPSA) is 38.0 Å². The van der Waals surface area contributed by atoms with Crippen molar-refractivity contribution in [1.29, 1.82) is 0 Å². The highest BCUT2D eigenvalue weighted by Gasteiger charge is 2.36. The van der Waals surface area contributed by atoms with E-state index in [1.165, 1.54) is 0 Å². The summed E-state index contributed by atoms with van der Waals surface area (Å²) in [6, 6.07) is 3.72. The molecule has 3 nitrogen and oxygen atoms in total. The lowest BCUT2D eigenvalue weighted by Crippen LogP contribution is -2.15. The van der Waals surface area contributed by atoms with Crippen LogP contribution in [0.5, 0.6) is 0 Å². The van der Waals surface area contributed by atoms with E-state index >= 15 is 0 Å². The molecular weight excluding hydrogens is 117 g/mol. The average Bonchev–Trinajstić information content (AvgIpc) is 2.71. The van der Waals surface area contributed by atoms with Crippen LogP contribution in [0.25, 0.3) is 0 Å². The van der Waals surface area contributed by atoms with E-state index in [2.05, 4.69) is 14.6 Å². The Morgan fingerprint density at radius 3 is 2.44 bits per heavy atom. The molecule has 44 valence electrons. The maximum Gasteiger partial charge on any atom is 0.550 e. The summed E-state index contributed by atoms with van der Waals surface area (Å²) in [4.78, 5) is 13.0. The zero-order valence-electron chi connectivity index (χ0n) is 4.65. The minimum Gasteiger partial charge on any atom is -0.267 e. The lowest BCUT2D eigenvalue weighted by atomic mass is 9.84. The minimum atomic E-state index is -0.131. The van der Waals surface area contributed by atoms with Gasteiger partial charge in [-0.3, -0.25) is 14.6 Å². The summed E-state index contributed by atoms with van der Waals surface area (Å²) in [5.74, 6) is 0. The van der Waals surface area contributed by atoms with Gasteiger partial charge in [-0.15, -0.1) is 0 Å². The molecule has 0 aliphatic carbocycles. The number of hydrogen-bond donors (Lipinski definition) is 0. The highest BCUT2D eigenvalue weighted by atomic mass is 17.3. The maximum atomic E-state index is 4.57. The second-order valence-corrected chi connectivity index (χ2v) is 1.80. The summed E-state index contributed by atoms with van der Waals surface area (Å²) in [6.45, 7) is 0. The van der Waals surface area contributed by atoms with Crippen molar-refractivity contribution in [3.63, 3.8) is 0 Å². The summed E-state index contributed by atoms with van der Waals surface area (Å²) >= 11 is 0. The first-order valence-electron chi connectivity index (χ1n) is 2.69. The maximum absolute atomic E-state index is 4.57. The van der Waals surface area contributed by atoms with E-state index in [-0.39, 0.29) is 7.12 Å². The molecule has 0 spiro atoms. The van der Waals surface area contributed by atoms with E-state index in [0.29, 0.717) is 0 Å². The van der Waals surface area contributed by atoms with Crippen molar-refractivity contribution >= 4 is 12.6 Å². The van der Waals surface area contributed by atoms with E-state index in [1.807, 2.05) is 12.1 Å². The molecule has 1 aromatic heterocycles. The van der Waals surface area contributed by atoms with Crippen LogP contribution in [-0.4, -0.2) is 12.1 Å². The molecule has 1 aliphatic rings. The Bertz CT molecular complexity index is 199. The molecule has 0 bridgehead atoms. The Kier molecular flexibility index (Phi) is 1.01. The Hall–Kier alpha value is -0.865. The van der Waals surface area contributed by atoms with Gasteiger partial charge in [-0.05, 0) is 17.6 Å². The average molecular weight is 121 g/mol. The molecular formula is C5H4BNO2. The molecule has 2 heterocycles. The molecule has 0 amide bonds. The Balaban J connectivity index is 2.29. The standard InChI is InChI=1S/C5H4BNO2/c1-3-7-4-2-5(1)6-8-9-6/h1-4H. The van der Waals surface area contributed by atoms with E-state index in [1.54, 1.807) is 12.4 Å². The van der Waals surface area contributed by atoms with Crippen molar-refractivity contribution in [2.45, 2.75) is 0 Å². The monoisotopic (exact) mass is 121 g/mol. The van der Waals surface area contributed by atoms with Crippen molar-refractivity contribution < 1.29 is 9.61 Å². The van der Waals surface area contributed by atoms with Gasteiger partial charge in [-0.25, -0.2) is 0 Å². The van der Waals surface area contributed by atoms with Gasteiger partial charge < -0.3 is 0 Å². The third kappa shape index (κ3) is 0.942. The second kappa shape index (κ2) is 1.82. The molecule has 1 fully saturated rings. The number of hydrogen-bond acceptors (Lipinski definition) is 3. The fraction of sp³-hybridized carbons (Fsp3) is 0. The summed E-state index contributed by atoms with van der Waals surface area (Å²) in [5.41, 5.74) is 1.02. The van der Waals surface area contributed by atoms with Gasteiger partial charge in [-0.1, -0.05) is 0 Å². The zero-order valence-corrected chi connectivity index (χ0v) is 4.65. The van der Waals surface area contributed by atoms with Gasteiger partial charge in [0.05, 0.1) is 0 Å². The van der Waals surface area contributed by atoms with Gasteiger partial charge in [0, 0.05) is 12.4 Å². The summed E-state index contributed by atoms with van der Waals surface area (Å²) in [7, 11) is -0.131. The second-order valence-electron chi connectivity index (χ2n) is 1.80. The molecule has 0 N–H and O–H groups in total. The predicted molar refractivity (Wildman–Crippen MR) is 31.8 cm³/mol. The van der Waals surface area contributed by atoms with Crippen LogP contribution in [0.4, 0.5) is 0 Å². The highest BCUT2D eigenvalue weighted by Crippen LogP contribution is 2.04. The van der Waals surface area contributed by atoms with E-state index < -0.39 is 0 Å². The first kappa shape index (κ1) is 4.96. The van der Waals surface area contributed by atoms with Gasteiger partial charge >= 0.3 is 7.12 Å².